The van der Waals surface area contributed by atoms with E-state index in [1.807, 2.05) is 0 Å². The van der Waals surface area contributed by atoms with E-state index in [9.17, 15) is 15.0 Å². The van der Waals surface area contributed by atoms with Crippen molar-refractivity contribution >= 4 is 17.6 Å². The minimum absolute atomic E-state index is 0.478. The van der Waals surface area contributed by atoms with Gasteiger partial charge in [0, 0.05) is 4.88 Å². The van der Waals surface area contributed by atoms with Gasteiger partial charge in [0.25, 0.3) is 0 Å². The number of aliphatic hydroxyl groups excluding tert-OH is 2. The molecule has 1 heterocycles. The standard InChI is InChI=1S/C10H15NO3S/c1-11-5-4-8(13)10(14)9-3-2-7(6-12)15-9/h2-3,6,8,10-11,13-14H,4-5H2,1H3. The van der Waals surface area contributed by atoms with Crippen LogP contribution in [0.4, 0.5) is 0 Å². The highest BCUT2D eigenvalue weighted by Gasteiger charge is 2.19. The zero-order valence-corrected chi connectivity index (χ0v) is 9.33. The third-order valence-electron chi connectivity index (χ3n) is 2.11. The fourth-order valence-electron chi connectivity index (χ4n) is 1.23. The first kappa shape index (κ1) is 12.3. The molecule has 0 radical (unpaired) electrons. The molecule has 0 saturated carbocycles. The van der Waals surface area contributed by atoms with Crippen molar-refractivity contribution in [3.63, 3.8) is 0 Å². The molecule has 0 fully saturated rings. The van der Waals surface area contributed by atoms with E-state index in [2.05, 4.69) is 5.32 Å². The number of aldehydes is 1. The fourth-order valence-corrected chi connectivity index (χ4v) is 2.10. The zero-order chi connectivity index (χ0) is 11.3. The van der Waals surface area contributed by atoms with Crippen molar-refractivity contribution in [2.45, 2.75) is 18.6 Å². The number of hydrogen-bond donors (Lipinski definition) is 3. The molecule has 0 bridgehead atoms. The van der Waals surface area contributed by atoms with E-state index < -0.39 is 12.2 Å². The van der Waals surface area contributed by atoms with Gasteiger partial charge in [-0.3, -0.25) is 4.79 Å². The lowest BCUT2D eigenvalue weighted by molar-refractivity contribution is 0.0161. The Morgan fingerprint density at radius 2 is 2.27 bits per heavy atom. The Balaban J connectivity index is 2.58. The van der Waals surface area contributed by atoms with E-state index in [0.29, 0.717) is 22.7 Å². The third kappa shape index (κ3) is 3.39. The summed E-state index contributed by atoms with van der Waals surface area (Å²) in [5.41, 5.74) is 0. The van der Waals surface area contributed by atoms with Crippen LogP contribution in [0.5, 0.6) is 0 Å². The Kier molecular flexibility index (Phi) is 4.90. The first-order valence-corrected chi connectivity index (χ1v) is 5.56. The molecule has 0 aliphatic carbocycles. The summed E-state index contributed by atoms with van der Waals surface area (Å²) in [6.45, 7) is 0.643. The van der Waals surface area contributed by atoms with Crippen LogP contribution < -0.4 is 5.32 Å². The van der Waals surface area contributed by atoms with Crippen LogP contribution in [0.2, 0.25) is 0 Å². The monoisotopic (exact) mass is 229 g/mol. The minimum atomic E-state index is -0.906. The Morgan fingerprint density at radius 1 is 1.53 bits per heavy atom. The number of thiophene rings is 1. The average Bonchev–Trinajstić information content (AvgIpc) is 2.73. The molecule has 84 valence electrons. The second kappa shape index (κ2) is 5.97. The molecule has 15 heavy (non-hydrogen) atoms. The van der Waals surface area contributed by atoms with Gasteiger partial charge in [0.2, 0.25) is 0 Å². The molecule has 0 saturated heterocycles. The Hall–Kier alpha value is -0.750. The molecule has 0 aliphatic heterocycles. The fraction of sp³-hybridized carbons (Fsp3) is 0.500. The summed E-state index contributed by atoms with van der Waals surface area (Å²) in [6.07, 6.45) is -0.486. The van der Waals surface area contributed by atoms with Gasteiger partial charge in [-0.25, -0.2) is 0 Å². The number of rotatable bonds is 6. The van der Waals surface area contributed by atoms with Crippen molar-refractivity contribution in [2.24, 2.45) is 0 Å². The van der Waals surface area contributed by atoms with Crippen LogP contribution in [-0.2, 0) is 0 Å². The van der Waals surface area contributed by atoms with E-state index in [1.165, 1.54) is 11.3 Å². The molecule has 1 rings (SSSR count). The molecule has 1 aromatic heterocycles. The second-order valence-electron chi connectivity index (χ2n) is 3.26. The average molecular weight is 229 g/mol. The van der Waals surface area contributed by atoms with Gasteiger partial charge in [0.1, 0.15) is 6.10 Å². The van der Waals surface area contributed by atoms with Crippen LogP contribution in [0.15, 0.2) is 12.1 Å². The Bertz CT molecular complexity index is 313. The normalized spacial score (nSPS) is 14.9. The summed E-state index contributed by atoms with van der Waals surface area (Å²) in [4.78, 5) is 11.6. The predicted octanol–water partition coefficient (Wildman–Crippen LogP) is 0.564. The van der Waals surface area contributed by atoms with E-state index >= 15 is 0 Å². The van der Waals surface area contributed by atoms with Gasteiger partial charge in [-0.15, -0.1) is 11.3 Å². The molecule has 2 unspecified atom stereocenters. The van der Waals surface area contributed by atoms with Crippen LogP contribution >= 0.6 is 11.3 Å². The lowest BCUT2D eigenvalue weighted by atomic mass is 10.1. The van der Waals surface area contributed by atoms with Crippen LogP contribution in [0.25, 0.3) is 0 Å². The van der Waals surface area contributed by atoms with Crippen molar-refractivity contribution < 1.29 is 15.0 Å². The van der Waals surface area contributed by atoms with Gasteiger partial charge in [-0.1, -0.05) is 0 Å². The van der Waals surface area contributed by atoms with Gasteiger partial charge in [-0.2, -0.15) is 0 Å². The zero-order valence-electron chi connectivity index (χ0n) is 8.51. The van der Waals surface area contributed by atoms with Gasteiger partial charge in [0.05, 0.1) is 11.0 Å². The highest BCUT2D eigenvalue weighted by Crippen LogP contribution is 2.25. The number of aliphatic hydroxyl groups is 2. The van der Waals surface area contributed by atoms with Gasteiger partial charge >= 0.3 is 0 Å². The van der Waals surface area contributed by atoms with Crippen LogP contribution in [0.1, 0.15) is 27.1 Å². The minimum Gasteiger partial charge on any atom is -0.390 e. The summed E-state index contributed by atoms with van der Waals surface area (Å²) in [7, 11) is 1.79. The van der Waals surface area contributed by atoms with E-state index in [0.717, 1.165) is 6.29 Å². The van der Waals surface area contributed by atoms with E-state index in [4.69, 9.17) is 0 Å². The number of nitrogens with one attached hydrogen (secondary N) is 1. The third-order valence-corrected chi connectivity index (χ3v) is 3.19. The summed E-state index contributed by atoms with van der Waals surface area (Å²) in [5.74, 6) is 0. The second-order valence-corrected chi connectivity index (χ2v) is 4.41. The molecular formula is C10H15NO3S. The summed E-state index contributed by atoms with van der Waals surface area (Å²) >= 11 is 1.20. The lowest BCUT2D eigenvalue weighted by Crippen LogP contribution is -2.22. The summed E-state index contributed by atoms with van der Waals surface area (Å²) < 4.78 is 0. The number of hydrogen-bond acceptors (Lipinski definition) is 5. The molecule has 2 atom stereocenters. The van der Waals surface area contributed by atoms with E-state index in [1.54, 1.807) is 19.2 Å². The molecule has 0 amide bonds. The maximum absolute atomic E-state index is 10.4. The maximum Gasteiger partial charge on any atom is 0.160 e. The van der Waals surface area contributed by atoms with Gasteiger partial charge in [0.15, 0.2) is 6.29 Å². The molecule has 0 aromatic carbocycles. The highest BCUT2D eigenvalue weighted by atomic mass is 32.1. The van der Waals surface area contributed by atoms with Gasteiger partial charge < -0.3 is 15.5 Å². The molecule has 5 heteroatoms. The smallest absolute Gasteiger partial charge is 0.160 e. The summed E-state index contributed by atoms with van der Waals surface area (Å²) in [6, 6.07) is 3.31. The molecule has 4 nitrogen and oxygen atoms in total. The molecule has 1 aromatic rings. The Labute approximate surface area is 92.6 Å². The van der Waals surface area contributed by atoms with Crippen molar-refractivity contribution in [2.75, 3.05) is 13.6 Å². The van der Waals surface area contributed by atoms with Crippen molar-refractivity contribution in [3.8, 4) is 0 Å². The maximum atomic E-state index is 10.4. The lowest BCUT2D eigenvalue weighted by Gasteiger charge is -2.15. The van der Waals surface area contributed by atoms with Crippen molar-refractivity contribution in [1.82, 2.24) is 5.32 Å². The van der Waals surface area contributed by atoms with Gasteiger partial charge in [-0.05, 0) is 32.1 Å². The summed E-state index contributed by atoms with van der Waals surface area (Å²) in [5, 5.41) is 22.3. The molecule has 0 spiro atoms. The predicted molar refractivity (Wildman–Crippen MR) is 59.2 cm³/mol. The molecule has 3 N–H and O–H groups in total. The number of carbonyl (C=O) groups is 1. The first-order valence-electron chi connectivity index (χ1n) is 4.74. The molecular weight excluding hydrogens is 214 g/mol. The van der Waals surface area contributed by atoms with Crippen molar-refractivity contribution in [3.05, 3.63) is 21.9 Å². The van der Waals surface area contributed by atoms with Crippen LogP contribution in [-0.4, -0.2) is 36.2 Å². The number of carbonyl (C=O) groups excluding carboxylic acids is 1. The van der Waals surface area contributed by atoms with Crippen molar-refractivity contribution in [1.29, 1.82) is 0 Å². The SMILES string of the molecule is CNCCC(O)C(O)c1ccc(C=O)s1. The topological polar surface area (TPSA) is 69.6 Å². The highest BCUT2D eigenvalue weighted by molar-refractivity contribution is 7.13. The van der Waals surface area contributed by atoms with Crippen LogP contribution in [0.3, 0.4) is 0 Å². The molecule has 0 aliphatic rings. The quantitative estimate of drug-likeness (QED) is 0.624. The van der Waals surface area contributed by atoms with Crippen LogP contribution in [0, 0.1) is 0 Å². The van der Waals surface area contributed by atoms with E-state index in [-0.39, 0.29) is 0 Å². The first-order chi connectivity index (χ1) is 7.19. The Morgan fingerprint density at radius 3 is 2.80 bits per heavy atom. The largest absolute Gasteiger partial charge is 0.390 e.